The summed E-state index contributed by atoms with van der Waals surface area (Å²) in [6.45, 7) is 5.72. The van der Waals surface area contributed by atoms with Crippen LogP contribution in [-0.4, -0.2) is 28.7 Å². The third-order valence-corrected chi connectivity index (χ3v) is 4.31. The van der Waals surface area contributed by atoms with E-state index in [0.717, 1.165) is 25.9 Å². The summed E-state index contributed by atoms with van der Waals surface area (Å²) in [7, 11) is 0. The first-order valence-corrected chi connectivity index (χ1v) is 6.98. The third kappa shape index (κ3) is 2.73. The minimum atomic E-state index is 0.108. The van der Waals surface area contributed by atoms with E-state index >= 15 is 0 Å². The van der Waals surface area contributed by atoms with Crippen molar-refractivity contribution in [1.82, 2.24) is 4.90 Å². The highest BCUT2D eigenvalue weighted by atomic mass is 79.9. The Balaban J connectivity index is 1.98. The number of alkyl halides is 1. The molecule has 2 heterocycles. The molecule has 1 aliphatic rings. The zero-order valence-electron chi connectivity index (χ0n) is 10.3. The Bertz CT molecular complexity index is 392. The molecule has 1 fully saturated rings. The molecule has 1 unspecified atom stereocenters. The predicted molar refractivity (Wildman–Crippen MR) is 70.5 cm³/mol. The number of aryl methyl sites for hydroxylation is 1. The highest BCUT2D eigenvalue weighted by molar-refractivity contribution is 9.09. The molecule has 1 aliphatic heterocycles. The molecule has 1 amide bonds. The van der Waals surface area contributed by atoms with Crippen LogP contribution in [0.5, 0.6) is 0 Å². The van der Waals surface area contributed by atoms with Gasteiger partial charge in [0.15, 0.2) is 0 Å². The molecule has 0 aliphatic carbocycles. The second kappa shape index (κ2) is 5.25. The maximum Gasteiger partial charge on any atom is 0.257 e. The van der Waals surface area contributed by atoms with E-state index in [-0.39, 0.29) is 5.91 Å². The fraction of sp³-hybridized carbons (Fsp3) is 0.615. The first-order valence-electron chi connectivity index (χ1n) is 6.07. The molecule has 2 rings (SSSR count). The van der Waals surface area contributed by atoms with Crippen LogP contribution in [0, 0.1) is 12.8 Å². The average molecular weight is 300 g/mol. The van der Waals surface area contributed by atoms with Gasteiger partial charge < -0.3 is 9.32 Å². The van der Waals surface area contributed by atoms with Crippen molar-refractivity contribution in [2.45, 2.75) is 31.5 Å². The Morgan fingerprint density at radius 2 is 2.18 bits per heavy atom. The van der Waals surface area contributed by atoms with Gasteiger partial charge in [-0.15, -0.1) is 0 Å². The van der Waals surface area contributed by atoms with Gasteiger partial charge in [0.1, 0.15) is 5.76 Å². The van der Waals surface area contributed by atoms with Crippen LogP contribution in [0.4, 0.5) is 0 Å². The van der Waals surface area contributed by atoms with E-state index in [4.69, 9.17) is 4.42 Å². The van der Waals surface area contributed by atoms with E-state index in [1.165, 1.54) is 0 Å². The van der Waals surface area contributed by atoms with Crippen molar-refractivity contribution in [3.05, 3.63) is 23.7 Å². The van der Waals surface area contributed by atoms with Gasteiger partial charge in [-0.1, -0.05) is 22.9 Å². The fourth-order valence-electron chi connectivity index (χ4n) is 2.34. The molecule has 0 radical (unpaired) electrons. The molecular formula is C13H18BrNO2. The Kier molecular flexibility index (Phi) is 3.92. The predicted octanol–water partition coefficient (Wildman–Crippen LogP) is 3.22. The second-order valence-corrected chi connectivity index (χ2v) is 6.14. The van der Waals surface area contributed by atoms with E-state index in [1.807, 2.05) is 11.8 Å². The van der Waals surface area contributed by atoms with Crippen molar-refractivity contribution >= 4 is 21.8 Å². The smallest absolute Gasteiger partial charge is 0.257 e. The molecule has 94 valence electrons. The number of amides is 1. The summed E-state index contributed by atoms with van der Waals surface area (Å²) >= 11 is 3.62. The number of likely N-dealkylation sites (tertiary alicyclic amines) is 1. The number of nitrogens with zero attached hydrogens (tertiary/aromatic N) is 1. The summed E-state index contributed by atoms with van der Waals surface area (Å²) in [6.07, 6.45) is 3.74. The maximum atomic E-state index is 12.2. The summed E-state index contributed by atoms with van der Waals surface area (Å²) in [5.74, 6) is 1.51. The van der Waals surface area contributed by atoms with Gasteiger partial charge in [-0.2, -0.15) is 0 Å². The maximum absolute atomic E-state index is 12.2. The molecule has 0 spiro atoms. The van der Waals surface area contributed by atoms with Gasteiger partial charge in [0.25, 0.3) is 5.91 Å². The summed E-state index contributed by atoms with van der Waals surface area (Å²) in [5.41, 5.74) is 0.704. The lowest BCUT2D eigenvalue weighted by Gasteiger charge is -2.33. The first kappa shape index (κ1) is 12.7. The van der Waals surface area contributed by atoms with Crippen molar-refractivity contribution in [2.24, 2.45) is 5.92 Å². The first-order chi connectivity index (χ1) is 8.09. The van der Waals surface area contributed by atoms with Crippen LogP contribution in [0.1, 0.15) is 35.9 Å². The number of hydrogen-bond donors (Lipinski definition) is 0. The van der Waals surface area contributed by atoms with Gasteiger partial charge in [0.05, 0.1) is 11.8 Å². The van der Waals surface area contributed by atoms with Crippen LogP contribution >= 0.6 is 15.9 Å². The quantitative estimate of drug-likeness (QED) is 0.786. The molecular weight excluding hydrogens is 282 g/mol. The topological polar surface area (TPSA) is 33.5 Å². The lowest BCUT2D eigenvalue weighted by atomic mass is 9.94. The minimum Gasteiger partial charge on any atom is -0.469 e. The van der Waals surface area contributed by atoms with Crippen LogP contribution in [0.2, 0.25) is 0 Å². The average Bonchev–Trinajstić information content (AvgIpc) is 2.74. The number of carbonyl (C=O) groups is 1. The Labute approximate surface area is 110 Å². The summed E-state index contributed by atoms with van der Waals surface area (Å²) in [6, 6.07) is 1.76. The van der Waals surface area contributed by atoms with Crippen LogP contribution < -0.4 is 0 Å². The summed E-state index contributed by atoms with van der Waals surface area (Å²) in [4.78, 5) is 14.7. The van der Waals surface area contributed by atoms with E-state index in [0.29, 0.717) is 22.1 Å². The monoisotopic (exact) mass is 299 g/mol. The molecule has 0 aromatic carbocycles. The molecule has 0 bridgehead atoms. The van der Waals surface area contributed by atoms with Gasteiger partial charge in [0, 0.05) is 17.9 Å². The van der Waals surface area contributed by atoms with Crippen LogP contribution in [0.25, 0.3) is 0 Å². The van der Waals surface area contributed by atoms with E-state index in [1.54, 1.807) is 12.3 Å². The zero-order chi connectivity index (χ0) is 12.4. The minimum absolute atomic E-state index is 0.108. The van der Waals surface area contributed by atoms with Crippen molar-refractivity contribution < 1.29 is 9.21 Å². The zero-order valence-corrected chi connectivity index (χ0v) is 11.9. The number of furan rings is 1. The molecule has 3 nitrogen and oxygen atoms in total. The van der Waals surface area contributed by atoms with E-state index in [9.17, 15) is 4.79 Å². The lowest BCUT2D eigenvalue weighted by molar-refractivity contribution is 0.0689. The number of hydrogen-bond acceptors (Lipinski definition) is 2. The number of halogens is 1. The molecule has 4 heteroatoms. The van der Waals surface area contributed by atoms with Crippen molar-refractivity contribution in [1.29, 1.82) is 0 Å². The van der Waals surface area contributed by atoms with Crippen molar-refractivity contribution in [2.75, 3.05) is 13.1 Å². The summed E-state index contributed by atoms with van der Waals surface area (Å²) in [5, 5.41) is 0. The molecule has 0 N–H and O–H groups in total. The van der Waals surface area contributed by atoms with Gasteiger partial charge >= 0.3 is 0 Å². The normalized spacial score (nSPS) is 19.4. The Hall–Kier alpha value is -0.770. The number of carbonyl (C=O) groups excluding carboxylic acids is 1. The van der Waals surface area contributed by atoms with Gasteiger partial charge in [0.2, 0.25) is 0 Å². The van der Waals surface area contributed by atoms with Gasteiger partial charge in [-0.25, -0.2) is 0 Å². The fourth-order valence-corrected chi connectivity index (χ4v) is 2.87. The molecule has 17 heavy (non-hydrogen) atoms. The van der Waals surface area contributed by atoms with Gasteiger partial charge in [-0.3, -0.25) is 4.79 Å². The molecule has 1 saturated heterocycles. The molecule has 0 saturated carbocycles. The van der Waals surface area contributed by atoms with Crippen molar-refractivity contribution in [3.8, 4) is 0 Å². The number of piperidine rings is 1. The Morgan fingerprint density at radius 1 is 1.53 bits per heavy atom. The van der Waals surface area contributed by atoms with Gasteiger partial charge in [-0.05, 0) is 31.7 Å². The second-order valence-electron chi connectivity index (χ2n) is 4.70. The van der Waals surface area contributed by atoms with E-state index < -0.39 is 0 Å². The highest BCUT2D eigenvalue weighted by Crippen LogP contribution is 2.26. The molecule has 1 atom stereocenters. The molecule has 1 aromatic rings. The summed E-state index contributed by atoms with van der Waals surface area (Å²) < 4.78 is 5.18. The highest BCUT2D eigenvalue weighted by Gasteiger charge is 2.26. The van der Waals surface area contributed by atoms with Crippen LogP contribution in [0.15, 0.2) is 16.7 Å². The third-order valence-electron chi connectivity index (χ3n) is 3.57. The molecule has 1 aromatic heterocycles. The SMILES string of the molecule is Cc1occc1C(=O)N1CCC(C(C)Br)CC1. The van der Waals surface area contributed by atoms with Crippen LogP contribution in [-0.2, 0) is 0 Å². The lowest BCUT2D eigenvalue weighted by Crippen LogP contribution is -2.40. The largest absolute Gasteiger partial charge is 0.469 e. The number of rotatable bonds is 2. The van der Waals surface area contributed by atoms with Crippen molar-refractivity contribution in [3.63, 3.8) is 0 Å². The Morgan fingerprint density at radius 3 is 2.65 bits per heavy atom. The van der Waals surface area contributed by atoms with E-state index in [2.05, 4.69) is 22.9 Å². The van der Waals surface area contributed by atoms with Crippen LogP contribution in [0.3, 0.4) is 0 Å². The standard InChI is InChI=1S/C13H18BrNO2/c1-9(14)11-3-6-15(7-4-11)13(16)12-5-8-17-10(12)2/h5,8-9,11H,3-4,6-7H2,1-2H3.